The summed E-state index contributed by atoms with van der Waals surface area (Å²) in [5.41, 5.74) is 0.150. The number of aromatic carboxylic acids is 1. The fourth-order valence-corrected chi connectivity index (χ4v) is 1.77. The minimum atomic E-state index is -1.17. The molecule has 0 aliphatic heterocycles. The van der Waals surface area contributed by atoms with Crippen LogP contribution in [-0.2, 0) is 18.4 Å². The third kappa shape index (κ3) is 2.66. The Morgan fingerprint density at radius 1 is 1.45 bits per heavy atom. The third-order valence-corrected chi connectivity index (χ3v) is 2.67. The normalized spacial score (nSPS) is 10.5. The van der Waals surface area contributed by atoms with Crippen molar-refractivity contribution in [3.8, 4) is 11.5 Å². The number of amides is 1. The smallest absolute Gasteiger partial charge is 0.358 e. The first-order chi connectivity index (χ1) is 9.50. The number of aryl methyl sites for hydroxylation is 1. The van der Waals surface area contributed by atoms with Crippen molar-refractivity contribution in [2.75, 3.05) is 6.54 Å². The summed E-state index contributed by atoms with van der Waals surface area (Å²) in [7, 11) is 1.75. The molecular weight excluding hydrogens is 264 g/mol. The van der Waals surface area contributed by atoms with E-state index in [1.807, 2.05) is 0 Å². The van der Waals surface area contributed by atoms with Crippen molar-refractivity contribution in [1.29, 1.82) is 0 Å². The van der Waals surface area contributed by atoms with Gasteiger partial charge in [0.25, 0.3) is 0 Å². The Labute approximate surface area is 114 Å². The van der Waals surface area contributed by atoms with Gasteiger partial charge < -0.3 is 15.0 Å². The van der Waals surface area contributed by atoms with Gasteiger partial charge in [-0.1, -0.05) is 5.21 Å². The number of imidazole rings is 1. The lowest BCUT2D eigenvalue weighted by Crippen LogP contribution is -2.25. The van der Waals surface area contributed by atoms with Crippen LogP contribution >= 0.6 is 0 Å². The first kappa shape index (κ1) is 13.7. The molecule has 2 aromatic rings. The average Bonchev–Trinajstić information content (AvgIpc) is 2.94. The summed E-state index contributed by atoms with van der Waals surface area (Å²) in [6.07, 6.45) is 3.26. The lowest BCUT2D eigenvalue weighted by Gasteiger charge is -2.07. The zero-order valence-corrected chi connectivity index (χ0v) is 11.1. The molecule has 9 heteroatoms. The van der Waals surface area contributed by atoms with E-state index in [0.29, 0.717) is 24.6 Å². The standard InChI is InChI=1S/C11H14N6O3/c1-7(18)12-4-6-17-9(8(11(19)20)14-15-17)10-13-3-5-16(10)2/h3,5H,4,6H2,1-2H3,(H,12,18)(H,19,20). The van der Waals surface area contributed by atoms with Crippen LogP contribution in [0.3, 0.4) is 0 Å². The van der Waals surface area contributed by atoms with Gasteiger partial charge in [0, 0.05) is 32.9 Å². The minimum absolute atomic E-state index is 0.165. The number of carboxylic acid groups (broad SMARTS) is 1. The Bertz CT molecular complexity index is 644. The van der Waals surface area contributed by atoms with Gasteiger partial charge in [0.1, 0.15) is 5.69 Å². The molecule has 0 aromatic carbocycles. The van der Waals surface area contributed by atoms with Crippen molar-refractivity contribution in [1.82, 2.24) is 29.9 Å². The van der Waals surface area contributed by atoms with E-state index in [0.717, 1.165) is 0 Å². The molecule has 0 spiro atoms. The third-order valence-electron chi connectivity index (χ3n) is 2.67. The molecule has 2 heterocycles. The number of carbonyl (C=O) groups excluding carboxylic acids is 1. The van der Waals surface area contributed by atoms with E-state index >= 15 is 0 Å². The van der Waals surface area contributed by atoms with Crippen LogP contribution in [0.5, 0.6) is 0 Å². The molecule has 2 rings (SSSR count). The van der Waals surface area contributed by atoms with E-state index in [1.54, 1.807) is 24.0 Å². The van der Waals surface area contributed by atoms with Crippen molar-refractivity contribution in [2.24, 2.45) is 7.05 Å². The SMILES string of the molecule is CC(=O)NCCn1nnc(C(=O)O)c1-c1nccn1C. The van der Waals surface area contributed by atoms with Gasteiger partial charge in [-0.2, -0.15) is 0 Å². The predicted molar refractivity (Wildman–Crippen MR) is 67.9 cm³/mol. The Morgan fingerprint density at radius 2 is 2.20 bits per heavy atom. The largest absolute Gasteiger partial charge is 0.476 e. The minimum Gasteiger partial charge on any atom is -0.476 e. The molecule has 0 aliphatic carbocycles. The second-order valence-electron chi connectivity index (χ2n) is 4.16. The number of hydrogen-bond acceptors (Lipinski definition) is 5. The van der Waals surface area contributed by atoms with E-state index in [-0.39, 0.29) is 11.6 Å². The Morgan fingerprint density at radius 3 is 2.75 bits per heavy atom. The molecule has 0 saturated carbocycles. The van der Waals surface area contributed by atoms with E-state index < -0.39 is 5.97 Å². The second-order valence-corrected chi connectivity index (χ2v) is 4.16. The van der Waals surface area contributed by atoms with Gasteiger partial charge in [-0.25, -0.2) is 14.5 Å². The summed E-state index contributed by atoms with van der Waals surface area (Å²) in [6.45, 7) is 2.04. The molecule has 0 aliphatic rings. The molecule has 20 heavy (non-hydrogen) atoms. The fraction of sp³-hybridized carbons (Fsp3) is 0.364. The van der Waals surface area contributed by atoms with Crippen LogP contribution in [0.1, 0.15) is 17.4 Å². The van der Waals surface area contributed by atoms with E-state index in [2.05, 4.69) is 20.6 Å². The van der Waals surface area contributed by atoms with Gasteiger partial charge in [0.2, 0.25) is 11.6 Å². The van der Waals surface area contributed by atoms with Crippen LogP contribution in [-0.4, -0.2) is 48.1 Å². The van der Waals surface area contributed by atoms with Gasteiger partial charge in [0.15, 0.2) is 5.82 Å². The number of rotatable bonds is 5. The van der Waals surface area contributed by atoms with Crippen molar-refractivity contribution < 1.29 is 14.7 Å². The molecule has 9 nitrogen and oxygen atoms in total. The molecule has 0 fully saturated rings. The van der Waals surface area contributed by atoms with Crippen LogP contribution in [0.25, 0.3) is 11.5 Å². The maximum atomic E-state index is 11.2. The van der Waals surface area contributed by atoms with Crippen LogP contribution in [0.4, 0.5) is 0 Å². The highest BCUT2D eigenvalue weighted by molar-refractivity contribution is 5.91. The molecule has 2 N–H and O–H groups in total. The van der Waals surface area contributed by atoms with E-state index in [1.165, 1.54) is 11.6 Å². The first-order valence-corrected chi connectivity index (χ1v) is 5.89. The topological polar surface area (TPSA) is 115 Å². The molecule has 0 radical (unpaired) electrons. The first-order valence-electron chi connectivity index (χ1n) is 5.89. The molecule has 1 amide bonds. The van der Waals surface area contributed by atoms with E-state index in [9.17, 15) is 9.59 Å². The average molecular weight is 278 g/mol. The van der Waals surface area contributed by atoms with Crippen molar-refractivity contribution in [2.45, 2.75) is 13.5 Å². The zero-order chi connectivity index (χ0) is 14.7. The molecular formula is C11H14N6O3. The predicted octanol–water partition coefficient (Wildman–Crippen LogP) is -0.487. The van der Waals surface area contributed by atoms with Crippen molar-refractivity contribution in [3.05, 3.63) is 18.1 Å². The van der Waals surface area contributed by atoms with Gasteiger partial charge >= 0.3 is 5.97 Å². The summed E-state index contributed by atoms with van der Waals surface area (Å²) in [5.74, 6) is -0.883. The molecule has 106 valence electrons. The van der Waals surface area contributed by atoms with Crippen molar-refractivity contribution >= 4 is 11.9 Å². The number of hydrogen-bond donors (Lipinski definition) is 2. The maximum Gasteiger partial charge on any atom is 0.358 e. The van der Waals surface area contributed by atoms with Crippen LogP contribution in [0, 0.1) is 0 Å². The van der Waals surface area contributed by atoms with Gasteiger partial charge in [-0.05, 0) is 0 Å². The molecule has 0 unspecified atom stereocenters. The summed E-state index contributed by atoms with van der Waals surface area (Å²) in [4.78, 5) is 26.2. The summed E-state index contributed by atoms with van der Waals surface area (Å²) >= 11 is 0. The maximum absolute atomic E-state index is 11.2. The van der Waals surface area contributed by atoms with Crippen LogP contribution in [0.2, 0.25) is 0 Å². The Hall–Kier alpha value is -2.71. The Balaban J connectivity index is 2.36. The zero-order valence-electron chi connectivity index (χ0n) is 11.1. The number of nitrogens with zero attached hydrogens (tertiary/aromatic N) is 5. The summed E-state index contributed by atoms with van der Waals surface area (Å²) < 4.78 is 3.10. The van der Waals surface area contributed by atoms with Crippen LogP contribution < -0.4 is 5.32 Å². The van der Waals surface area contributed by atoms with Gasteiger partial charge in [-0.15, -0.1) is 5.10 Å². The Kier molecular flexibility index (Phi) is 3.78. The number of nitrogens with one attached hydrogen (secondary N) is 1. The highest BCUT2D eigenvalue weighted by atomic mass is 16.4. The summed E-state index contributed by atoms with van der Waals surface area (Å²) in [6, 6.07) is 0. The quantitative estimate of drug-likeness (QED) is 0.762. The summed E-state index contributed by atoms with van der Waals surface area (Å²) in [5, 5.41) is 19.2. The van der Waals surface area contributed by atoms with Crippen LogP contribution in [0.15, 0.2) is 12.4 Å². The second kappa shape index (κ2) is 5.51. The number of carboxylic acids is 1. The monoisotopic (exact) mass is 278 g/mol. The van der Waals surface area contributed by atoms with Crippen molar-refractivity contribution in [3.63, 3.8) is 0 Å². The lowest BCUT2D eigenvalue weighted by molar-refractivity contribution is -0.119. The highest BCUT2D eigenvalue weighted by Gasteiger charge is 2.23. The number of carbonyl (C=O) groups is 2. The molecule has 0 bridgehead atoms. The van der Waals surface area contributed by atoms with E-state index in [4.69, 9.17) is 5.11 Å². The number of aromatic nitrogens is 5. The molecule has 0 atom stereocenters. The highest BCUT2D eigenvalue weighted by Crippen LogP contribution is 2.19. The van der Waals surface area contributed by atoms with Gasteiger partial charge in [-0.3, -0.25) is 4.79 Å². The molecule has 2 aromatic heterocycles. The van der Waals surface area contributed by atoms with Gasteiger partial charge in [0.05, 0.1) is 6.54 Å². The molecule has 0 saturated heterocycles. The fourth-order valence-electron chi connectivity index (χ4n) is 1.77. The lowest BCUT2D eigenvalue weighted by atomic mass is 10.3.